The molecular formula is C15H22ClNO3S. The number of carbonyl (C=O) groups is 1. The molecule has 6 heteroatoms. The van der Waals surface area contributed by atoms with Crippen LogP contribution in [0.1, 0.15) is 43.6 Å². The van der Waals surface area contributed by atoms with Crippen molar-refractivity contribution in [1.82, 2.24) is 4.90 Å². The highest BCUT2D eigenvalue weighted by atomic mass is 35.7. The number of amides is 1. The van der Waals surface area contributed by atoms with Crippen LogP contribution >= 0.6 is 10.7 Å². The van der Waals surface area contributed by atoms with Gasteiger partial charge in [0.2, 0.25) is 0 Å². The van der Waals surface area contributed by atoms with E-state index in [2.05, 4.69) is 0 Å². The van der Waals surface area contributed by atoms with Gasteiger partial charge in [-0.05, 0) is 37.0 Å². The molecule has 0 aliphatic heterocycles. The van der Waals surface area contributed by atoms with E-state index in [9.17, 15) is 13.2 Å². The van der Waals surface area contributed by atoms with Crippen LogP contribution < -0.4 is 0 Å². The molecule has 0 aromatic heterocycles. The molecule has 0 atom stereocenters. The second kappa shape index (κ2) is 7.27. The van der Waals surface area contributed by atoms with E-state index in [4.69, 9.17) is 10.7 Å². The zero-order chi connectivity index (χ0) is 16.2. The third-order valence-electron chi connectivity index (χ3n) is 3.21. The monoisotopic (exact) mass is 331 g/mol. The number of nitrogens with zero attached hydrogens (tertiary/aromatic N) is 1. The number of benzene rings is 1. The van der Waals surface area contributed by atoms with Crippen molar-refractivity contribution in [3.8, 4) is 0 Å². The van der Waals surface area contributed by atoms with E-state index < -0.39 is 9.05 Å². The van der Waals surface area contributed by atoms with Gasteiger partial charge >= 0.3 is 0 Å². The predicted molar refractivity (Wildman–Crippen MR) is 85.3 cm³/mol. The summed E-state index contributed by atoms with van der Waals surface area (Å²) < 4.78 is 23.3. The largest absolute Gasteiger partial charge is 0.339 e. The first-order valence-electron chi connectivity index (χ1n) is 7.07. The van der Waals surface area contributed by atoms with Gasteiger partial charge in [-0.3, -0.25) is 4.79 Å². The Kier molecular flexibility index (Phi) is 6.23. The topological polar surface area (TPSA) is 54.5 Å². The molecule has 21 heavy (non-hydrogen) atoms. The first kappa shape index (κ1) is 18.0. The highest BCUT2D eigenvalue weighted by Gasteiger charge is 2.20. The Morgan fingerprint density at radius 3 is 2.33 bits per heavy atom. The normalized spacial score (nSPS) is 11.7. The Hall–Kier alpha value is -1.07. The number of hydrogen-bond acceptors (Lipinski definition) is 3. The summed E-state index contributed by atoms with van der Waals surface area (Å²) in [4.78, 5) is 14.2. The van der Waals surface area contributed by atoms with E-state index in [1.165, 1.54) is 6.07 Å². The van der Waals surface area contributed by atoms with Gasteiger partial charge in [0.1, 0.15) is 0 Å². The molecule has 0 radical (unpaired) electrons. The van der Waals surface area contributed by atoms with E-state index in [-0.39, 0.29) is 10.8 Å². The Morgan fingerprint density at radius 2 is 1.90 bits per heavy atom. The van der Waals surface area contributed by atoms with Crippen LogP contribution in [0.25, 0.3) is 0 Å². The first-order chi connectivity index (χ1) is 9.70. The van der Waals surface area contributed by atoms with Gasteiger partial charge in [0.05, 0.1) is 4.90 Å². The summed E-state index contributed by atoms with van der Waals surface area (Å²) in [7, 11) is 1.61. The fourth-order valence-corrected chi connectivity index (χ4v) is 3.41. The molecule has 1 rings (SSSR count). The molecule has 118 valence electrons. The van der Waals surface area contributed by atoms with Crippen LogP contribution in [0.4, 0.5) is 0 Å². The minimum absolute atomic E-state index is 0.0260. The van der Waals surface area contributed by atoms with Gasteiger partial charge in [0.15, 0.2) is 0 Å². The fraction of sp³-hybridized carbons (Fsp3) is 0.533. The molecule has 1 aromatic rings. The van der Waals surface area contributed by atoms with Gasteiger partial charge in [-0.25, -0.2) is 8.42 Å². The SMILES string of the molecule is CCc1ccc(C(=O)N(CC)CC(C)C)cc1S(=O)(=O)Cl. The van der Waals surface area contributed by atoms with Crippen molar-refractivity contribution in [3.05, 3.63) is 29.3 Å². The molecule has 0 heterocycles. The van der Waals surface area contributed by atoms with E-state index in [0.717, 1.165) is 0 Å². The summed E-state index contributed by atoms with van der Waals surface area (Å²) in [5.41, 5.74) is 0.974. The average molecular weight is 332 g/mol. The van der Waals surface area contributed by atoms with Crippen LogP contribution in [0.2, 0.25) is 0 Å². The molecule has 0 saturated heterocycles. The first-order valence-corrected chi connectivity index (χ1v) is 9.38. The van der Waals surface area contributed by atoms with Crippen LogP contribution in [0, 0.1) is 5.92 Å². The van der Waals surface area contributed by atoms with Crippen LogP contribution in [0.15, 0.2) is 23.1 Å². The van der Waals surface area contributed by atoms with Crippen molar-refractivity contribution in [2.75, 3.05) is 13.1 Å². The summed E-state index contributed by atoms with van der Waals surface area (Å²) >= 11 is 0. The molecule has 1 aromatic carbocycles. The van der Waals surface area contributed by atoms with Gasteiger partial charge < -0.3 is 4.90 Å². The molecule has 0 aliphatic carbocycles. The maximum absolute atomic E-state index is 12.5. The smallest absolute Gasteiger partial charge is 0.261 e. The highest BCUT2D eigenvalue weighted by Crippen LogP contribution is 2.23. The molecule has 0 aliphatic rings. The summed E-state index contributed by atoms with van der Waals surface area (Å²) in [5.74, 6) is 0.176. The predicted octanol–water partition coefficient (Wildman–Crippen LogP) is 3.29. The summed E-state index contributed by atoms with van der Waals surface area (Å²) in [6.07, 6.45) is 0.541. The lowest BCUT2D eigenvalue weighted by Gasteiger charge is -2.23. The number of rotatable bonds is 6. The quantitative estimate of drug-likeness (QED) is 0.751. The molecule has 0 spiro atoms. The Balaban J connectivity index is 3.23. The zero-order valence-corrected chi connectivity index (χ0v) is 14.5. The fourth-order valence-electron chi connectivity index (χ4n) is 2.19. The third-order valence-corrected chi connectivity index (χ3v) is 4.62. The van der Waals surface area contributed by atoms with Crippen LogP contribution in [-0.2, 0) is 15.5 Å². The number of carbonyl (C=O) groups excluding carboxylic acids is 1. The Bertz CT molecular complexity index is 611. The number of hydrogen-bond donors (Lipinski definition) is 0. The molecular weight excluding hydrogens is 310 g/mol. The molecule has 0 bridgehead atoms. The molecule has 0 unspecified atom stereocenters. The lowest BCUT2D eigenvalue weighted by atomic mass is 10.1. The van der Waals surface area contributed by atoms with Crippen molar-refractivity contribution in [2.45, 2.75) is 39.0 Å². The van der Waals surface area contributed by atoms with Gasteiger partial charge in [0, 0.05) is 29.3 Å². The van der Waals surface area contributed by atoms with Gasteiger partial charge in [-0.15, -0.1) is 0 Å². The third kappa shape index (κ3) is 4.71. The van der Waals surface area contributed by atoms with Crippen LogP contribution in [0.5, 0.6) is 0 Å². The standard InChI is InChI=1S/C15H22ClNO3S/c1-5-12-7-8-13(9-14(12)21(16,19)20)15(18)17(6-2)10-11(3)4/h7-9,11H,5-6,10H2,1-4H3. The molecule has 1 amide bonds. The molecule has 0 N–H and O–H groups in total. The Morgan fingerprint density at radius 1 is 1.29 bits per heavy atom. The van der Waals surface area contributed by atoms with Crippen molar-refractivity contribution < 1.29 is 13.2 Å². The van der Waals surface area contributed by atoms with Gasteiger partial charge in [-0.1, -0.05) is 26.8 Å². The van der Waals surface area contributed by atoms with Crippen LogP contribution in [0.3, 0.4) is 0 Å². The van der Waals surface area contributed by atoms with Gasteiger partial charge in [-0.2, -0.15) is 0 Å². The molecule has 0 saturated carbocycles. The zero-order valence-electron chi connectivity index (χ0n) is 12.9. The van der Waals surface area contributed by atoms with Crippen LogP contribution in [-0.4, -0.2) is 32.3 Å². The minimum Gasteiger partial charge on any atom is -0.339 e. The highest BCUT2D eigenvalue weighted by molar-refractivity contribution is 8.13. The summed E-state index contributed by atoms with van der Waals surface area (Å²) in [5, 5.41) is 0. The van der Waals surface area contributed by atoms with Crippen molar-refractivity contribution in [2.24, 2.45) is 5.92 Å². The lowest BCUT2D eigenvalue weighted by Crippen LogP contribution is -2.34. The maximum atomic E-state index is 12.5. The Labute approximate surface area is 131 Å². The molecule has 4 nitrogen and oxygen atoms in total. The average Bonchev–Trinajstić information content (AvgIpc) is 2.42. The van der Waals surface area contributed by atoms with Crippen molar-refractivity contribution in [3.63, 3.8) is 0 Å². The summed E-state index contributed by atoms with van der Waals surface area (Å²) in [6, 6.07) is 4.70. The van der Waals surface area contributed by atoms with Gasteiger partial charge in [0.25, 0.3) is 15.0 Å². The van der Waals surface area contributed by atoms with Crippen molar-refractivity contribution in [1.29, 1.82) is 0 Å². The maximum Gasteiger partial charge on any atom is 0.261 e. The second-order valence-electron chi connectivity index (χ2n) is 5.35. The molecule has 0 fully saturated rings. The van der Waals surface area contributed by atoms with Crippen molar-refractivity contribution >= 4 is 25.6 Å². The van der Waals surface area contributed by atoms with E-state index >= 15 is 0 Å². The lowest BCUT2D eigenvalue weighted by molar-refractivity contribution is 0.0745. The van der Waals surface area contributed by atoms with E-state index in [0.29, 0.717) is 36.6 Å². The minimum atomic E-state index is -3.86. The number of halogens is 1. The number of aryl methyl sites for hydroxylation is 1. The van der Waals surface area contributed by atoms with E-state index in [1.54, 1.807) is 17.0 Å². The van der Waals surface area contributed by atoms with E-state index in [1.807, 2.05) is 27.7 Å². The second-order valence-corrected chi connectivity index (χ2v) is 7.89. The summed E-state index contributed by atoms with van der Waals surface area (Å²) in [6.45, 7) is 9.03.